The molecule has 0 aliphatic heterocycles. The van der Waals surface area contributed by atoms with Gasteiger partial charge in [0.15, 0.2) is 0 Å². The Morgan fingerprint density at radius 3 is 2.40 bits per heavy atom. The lowest BCUT2D eigenvalue weighted by Gasteiger charge is -2.15. The zero-order chi connectivity index (χ0) is 18.4. The van der Waals surface area contributed by atoms with E-state index in [0.717, 1.165) is 6.07 Å². The number of aromatic nitrogens is 4. The van der Waals surface area contributed by atoms with Crippen molar-refractivity contribution in [2.45, 2.75) is 18.8 Å². The van der Waals surface area contributed by atoms with Crippen LogP contribution in [0, 0.1) is 0 Å². The molecular weight excluding hydrogens is 352 g/mol. The third-order valence-electron chi connectivity index (χ3n) is 3.46. The smallest absolute Gasteiger partial charge is 0.368 e. The lowest BCUT2D eigenvalue weighted by atomic mass is 9.98. The summed E-state index contributed by atoms with van der Waals surface area (Å²) >= 11 is 0. The van der Waals surface area contributed by atoms with Gasteiger partial charge in [-0.05, 0) is 17.7 Å². The maximum absolute atomic E-state index is 12.9. The number of nitrogen functional groups attached to an aromatic ring is 1. The summed E-state index contributed by atoms with van der Waals surface area (Å²) in [6.45, 7) is 0. The van der Waals surface area contributed by atoms with Gasteiger partial charge in [0.25, 0.3) is 0 Å². The zero-order valence-electron chi connectivity index (χ0n) is 12.2. The van der Waals surface area contributed by atoms with E-state index in [4.69, 9.17) is 5.73 Å². The Hall–Kier alpha value is -2.85. The normalized spacial score (nSPS) is 12.7. The van der Waals surface area contributed by atoms with E-state index >= 15 is 0 Å². The molecule has 0 bridgehead atoms. The van der Waals surface area contributed by atoms with Crippen molar-refractivity contribution in [1.29, 1.82) is 0 Å². The second-order valence-corrected chi connectivity index (χ2v) is 5.22. The molecule has 0 saturated carbocycles. The molecule has 25 heavy (non-hydrogen) atoms. The van der Waals surface area contributed by atoms with Gasteiger partial charge >= 0.3 is 12.4 Å². The summed E-state index contributed by atoms with van der Waals surface area (Å²) in [6, 6.07) is 2.10. The highest BCUT2D eigenvalue weighted by atomic mass is 19.4. The molecule has 11 heteroatoms. The number of alkyl halides is 6. The Kier molecular flexibility index (Phi) is 3.81. The topological polar surface area (TPSA) is 69.1 Å². The third kappa shape index (κ3) is 3.35. The Morgan fingerprint density at radius 1 is 1.04 bits per heavy atom. The second kappa shape index (κ2) is 5.60. The van der Waals surface area contributed by atoms with Crippen LogP contribution in [0.5, 0.6) is 0 Å². The fraction of sp³-hybridized carbons (Fsp3) is 0.214. The standard InChI is InChI=1S/C14H9F6N5/c15-13(16,17)4-7-3-8(14(18,19)20)1-2-9(7)11-10-5-22-6-25(10)12(21)24-23-11/h1-3,5-6H,4H2,(H2,21,24). The van der Waals surface area contributed by atoms with E-state index in [1.54, 1.807) is 0 Å². The van der Waals surface area contributed by atoms with E-state index in [1.807, 2.05) is 0 Å². The largest absolute Gasteiger partial charge is 0.416 e. The number of nitrogens with zero attached hydrogens (tertiary/aromatic N) is 4. The minimum atomic E-state index is -4.77. The lowest BCUT2D eigenvalue weighted by molar-refractivity contribution is -0.138. The molecule has 0 spiro atoms. The molecule has 0 saturated heterocycles. The second-order valence-electron chi connectivity index (χ2n) is 5.22. The van der Waals surface area contributed by atoms with Crippen LogP contribution in [-0.4, -0.2) is 25.8 Å². The quantitative estimate of drug-likeness (QED) is 0.710. The first-order valence-electron chi connectivity index (χ1n) is 6.78. The summed E-state index contributed by atoms with van der Waals surface area (Å²) in [4.78, 5) is 3.81. The van der Waals surface area contributed by atoms with Gasteiger partial charge in [-0.2, -0.15) is 26.3 Å². The number of fused-ring (bicyclic) bond motifs is 1. The molecule has 0 amide bonds. The molecule has 5 nitrogen and oxygen atoms in total. The highest BCUT2D eigenvalue weighted by Gasteiger charge is 2.34. The van der Waals surface area contributed by atoms with Crippen LogP contribution in [0.25, 0.3) is 16.8 Å². The molecule has 2 N–H and O–H groups in total. The van der Waals surface area contributed by atoms with Crippen molar-refractivity contribution in [3.63, 3.8) is 0 Å². The molecule has 0 unspecified atom stereocenters. The number of halogens is 6. The van der Waals surface area contributed by atoms with Crippen LogP contribution in [0.3, 0.4) is 0 Å². The Balaban J connectivity index is 2.24. The van der Waals surface area contributed by atoms with Gasteiger partial charge in [-0.3, -0.25) is 4.40 Å². The number of hydrogen-bond acceptors (Lipinski definition) is 4. The van der Waals surface area contributed by atoms with E-state index in [1.165, 1.54) is 16.9 Å². The summed E-state index contributed by atoms with van der Waals surface area (Å²) in [5.74, 6) is -0.0551. The molecule has 0 fully saturated rings. The van der Waals surface area contributed by atoms with Gasteiger partial charge in [0.05, 0.1) is 23.7 Å². The molecule has 1 aromatic carbocycles. The molecule has 0 atom stereocenters. The highest BCUT2D eigenvalue weighted by Crippen LogP contribution is 2.36. The molecule has 0 aliphatic carbocycles. The molecule has 3 rings (SSSR count). The third-order valence-corrected chi connectivity index (χ3v) is 3.46. The van der Waals surface area contributed by atoms with Gasteiger partial charge in [0.1, 0.15) is 12.0 Å². The molecule has 3 aromatic rings. The van der Waals surface area contributed by atoms with Crippen LogP contribution < -0.4 is 5.73 Å². The van der Waals surface area contributed by atoms with Gasteiger partial charge in [-0.15, -0.1) is 10.2 Å². The van der Waals surface area contributed by atoms with Crippen LogP contribution in [-0.2, 0) is 12.6 Å². The summed E-state index contributed by atoms with van der Waals surface area (Å²) < 4.78 is 78.3. The molecular formula is C14H9F6N5. The maximum atomic E-state index is 12.9. The minimum Gasteiger partial charge on any atom is -0.368 e. The van der Waals surface area contributed by atoms with Crippen molar-refractivity contribution < 1.29 is 26.3 Å². The number of imidazole rings is 1. The van der Waals surface area contributed by atoms with Gasteiger partial charge in [-0.1, -0.05) is 6.07 Å². The monoisotopic (exact) mass is 361 g/mol. The van der Waals surface area contributed by atoms with Crippen LogP contribution in [0.4, 0.5) is 32.3 Å². The highest BCUT2D eigenvalue weighted by molar-refractivity contribution is 5.79. The molecule has 2 aromatic heterocycles. The average molecular weight is 361 g/mol. The van der Waals surface area contributed by atoms with Crippen LogP contribution in [0.15, 0.2) is 30.7 Å². The molecule has 0 aliphatic rings. The molecule has 2 heterocycles. The Morgan fingerprint density at radius 2 is 1.76 bits per heavy atom. The Labute approximate surface area is 136 Å². The number of nitrogens with two attached hydrogens (primary N) is 1. The van der Waals surface area contributed by atoms with Crippen molar-refractivity contribution in [3.8, 4) is 11.3 Å². The van der Waals surface area contributed by atoms with Crippen molar-refractivity contribution in [3.05, 3.63) is 41.9 Å². The van der Waals surface area contributed by atoms with Crippen LogP contribution >= 0.6 is 0 Å². The lowest BCUT2D eigenvalue weighted by Crippen LogP contribution is -2.15. The molecule has 0 radical (unpaired) electrons. The Bertz CT molecular complexity index is 928. The van der Waals surface area contributed by atoms with Crippen LogP contribution in [0.1, 0.15) is 11.1 Å². The minimum absolute atomic E-state index is 0.0420. The van der Waals surface area contributed by atoms with Gasteiger partial charge in [0.2, 0.25) is 5.95 Å². The zero-order valence-corrected chi connectivity index (χ0v) is 12.2. The number of anilines is 1. The molecule has 132 valence electrons. The summed E-state index contributed by atoms with van der Waals surface area (Å²) in [5, 5.41) is 7.36. The first-order valence-corrected chi connectivity index (χ1v) is 6.78. The average Bonchev–Trinajstić information content (AvgIpc) is 2.96. The van der Waals surface area contributed by atoms with Gasteiger partial charge < -0.3 is 5.73 Å². The maximum Gasteiger partial charge on any atom is 0.416 e. The van der Waals surface area contributed by atoms with Gasteiger partial charge in [0, 0.05) is 5.56 Å². The summed E-state index contributed by atoms with van der Waals surface area (Å²) in [6.07, 6.45) is -8.45. The van der Waals surface area contributed by atoms with Gasteiger partial charge in [-0.25, -0.2) is 4.98 Å². The van der Waals surface area contributed by atoms with E-state index in [0.29, 0.717) is 12.1 Å². The first-order chi connectivity index (χ1) is 11.6. The predicted octanol–water partition coefficient (Wildman–Crippen LogP) is 3.50. The van der Waals surface area contributed by atoms with E-state index in [-0.39, 0.29) is 22.7 Å². The van der Waals surface area contributed by atoms with Crippen molar-refractivity contribution in [2.75, 3.05) is 5.73 Å². The fourth-order valence-corrected chi connectivity index (χ4v) is 2.41. The van der Waals surface area contributed by atoms with Crippen molar-refractivity contribution in [2.24, 2.45) is 0 Å². The van der Waals surface area contributed by atoms with Crippen LogP contribution in [0.2, 0.25) is 0 Å². The summed E-state index contributed by atoms with van der Waals surface area (Å²) in [5.41, 5.74) is 3.91. The summed E-state index contributed by atoms with van der Waals surface area (Å²) in [7, 11) is 0. The number of rotatable bonds is 2. The van der Waals surface area contributed by atoms with Crippen molar-refractivity contribution >= 4 is 11.5 Å². The number of benzene rings is 1. The number of hydrogen-bond donors (Lipinski definition) is 1. The predicted molar refractivity (Wildman–Crippen MR) is 75.4 cm³/mol. The van der Waals surface area contributed by atoms with E-state index in [2.05, 4.69) is 15.2 Å². The fourth-order valence-electron chi connectivity index (χ4n) is 2.41. The van der Waals surface area contributed by atoms with Crippen molar-refractivity contribution in [1.82, 2.24) is 19.6 Å². The first kappa shape index (κ1) is 17.0. The SMILES string of the molecule is Nc1nnc(-c2ccc(C(F)(F)F)cc2CC(F)(F)F)c2cncn12. The van der Waals surface area contributed by atoms with E-state index < -0.39 is 29.9 Å². The van der Waals surface area contributed by atoms with E-state index in [9.17, 15) is 26.3 Å².